The smallest absolute Gasteiger partial charge is 0.242 e. The fraction of sp³-hybridized carbons (Fsp3) is 0.600. The number of rotatable bonds is 8. The van der Waals surface area contributed by atoms with Crippen molar-refractivity contribution < 1.29 is 18.7 Å². The van der Waals surface area contributed by atoms with Crippen LogP contribution < -0.4 is 5.32 Å². The van der Waals surface area contributed by atoms with Gasteiger partial charge in [-0.3, -0.25) is 14.5 Å². The molecule has 150 valence electrons. The lowest BCUT2D eigenvalue weighted by molar-refractivity contribution is -0.143. The summed E-state index contributed by atoms with van der Waals surface area (Å²) in [5, 5.41) is 2.92. The van der Waals surface area contributed by atoms with E-state index in [0.29, 0.717) is 6.54 Å². The van der Waals surface area contributed by atoms with Crippen LogP contribution in [0.5, 0.6) is 0 Å². The maximum Gasteiger partial charge on any atom is 0.242 e. The van der Waals surface area contributed by atoms with Crippen molar-refractivity contribution in [1.29, 1.82) is 0 Å². The highest BCUT2D eigenvalue weighted by Crippen LogP contribution is 2.14. The van der Waals surface area contributed by atoms with Crippen LogP contribution in [0.1, 0.15) is 26.3 Å². The van der Waals surface area contributed by atoms with Gasteiger partial charge in [0.2, 0.25) is 11.8 Å². The van der Waals surface area contributed by atoms with Gasteiger partial charge in [0.25, 0.3) is 0 Å². The van der Waals surface area contributed by atoms with Gasteiger partial charge in [0.1, 0.15) is 11.9 Å². The molecule has 1 aromatic carbocycles. The van der Waals surface area contributed by atoms with Crippen LogP contribution in [0.4, 0.5) is 4.39 Å². The maximum atomic E-state index is 13.1. The Morgan fingerprint density at radius 3 is 2.41 bits per heavy atom. The van der Waals surface area contributed by atoms with Crippen LogP contribution in [-0.2, 0) is 20.9 Å². The lowest BCUT2D eigenvalue weighted by Crippen LogP contribution is -2.50. The number of benzene rings is 1. The van der Waals surface area contributed by atoms with Crippen molar-refractivity contribution >= 4 is 11.8 Å². The van der Waals surface area contributed by atoms with Crippen LogP contribution >= 0.6 is 0 Å². The molecule has 0 radical (unpaired) electrons. The molecule has 1 aliphatic rings. The summed E-state index contributed by atoms with van der Waals surface area (Å²) in [5.41, 5.74) is 0.790. The van der Waals surface area contributed by atoms with Gasteiger partial charge in [-0.2, -0.15) is 0 Å². The predicted molar refractivity (Wildman–Crippen MR) is 102 cm³/mol. The quantitative estimate of drug-likeness (QED) is 0.746. The molecule has 1 aliphatic heterocycles. The van der Waals surface area contributed by atoms with E-state index in [4.69, 9.17) is 4.74 Å². The molecule has 1 aromatic rings. The fourth-order valence-corrected chi connectivity index (χ4v) is 2.98. The van der Waals surface area contributed by atoms with Crippen molar-refractivity contribution in [3.8, 4) is 0 Å². The standard InChI is InChI=1S/C20H30FN3O3/c1-15(2)20(26)24(14-17-4-6-18(21)7-5-17)16(3)19(25)22-8-9-23-10-12-27-13-11-23/h4-7,15-16H,8-14H2,1-3H3,(H,22,25)/t16-/m0/s1. The number of halogens is 1. The van der Waals surface area contributed by atoms with E-state index in [9.17, 15) is 14.0 Å². The normalized spacial score (nSPS) is 16.2. The first-order valence-electron chi connectivity index (χ1n) is 9.51. The minimum absolute atomic E-state index is 0.102. The second-order valence-electron chi connectivity index (χ2n) is 7.17. The summed E-state index contributed by atoms with van der Waals surface area (Å²) >= 11 is 0. The highest BCUT2D eigenvalue weighted by Gasteiger charge is 2.27. The topological polar surface area (TPSA) is 61.9 Å². The number of morpholine rings is 1. The molecule has 0 aliphatic carbocycles. The van der Waals surface area contributed by atoms with Gasteiger partial charge < -0.3 is 15.0 Å². The lowest BCUT2D eigenvalue weighted by atomic mass is 10.1. The van der Waals surface area contributed by atoms with Crippen molar-refractivity contribution in [1.82, 2.24) is 15.1 Å². The van der Waals surface area contributed by atoms with Gasteiger partial charge >= 0.3 is 0 Å². The molecule has 1 atom stereocenters. The highest BCUT2D eigenvalue weighted by molar-refractivity contribution is 5.88. The summed E-state index contributed by atoms with van der Waals surface area (Å²) in [6.45, 7) is 10.1. The van der Waals surface area contributed by atoms with Crippen LogP contribution in [0, 0.1) is 11.7 Å². The minimum Gasteiger partial charge on any atom is -0.379 e. The largest absolute Gasteiger partial charge is 0.379 e. The van der Waals surface area contributed by atoms with Crippen LogP contribution in [0.3, 0.4) is 0 Å². The van der Waals surface area contributed by atoms with E-state index in [1.54, 1.807) is 24.0 Å². The second kappa shape index (κ2) is 10.4. The SMILES string of the molecule is CC(C)C(=O)N(Cc1ccc(F)cc1)[C@@H](C)C(=O)NCCN1CCOCC1. The van der Waals surface area contributed by atoms with E-state index in [2.05, 4.69) is 10.2 Å². The average Bonchev–Trinajstić information content (AvgIpc) is 2.67. The number of amides is 2. The van der Waals surface area contributed by atoms with E-state index < -0.39 is 6.04 Å². The van der Waals surface area contributed by atoms with Crippen molar-refractivity contribution in [2.24, 2.45) is 5.92 Å². The van der Waals surface area contributed by atoms with E-state index in [1.807, 2.05) is 13.8 Å². The third-order valence-electron chi connectivity index (χ3n) is 4.72. The molecule has 27 heavy (non-hydrogen) atoms. The molecule has 1 N–H and O–H groups in total. The Balaban J connectivity index is 1.94. The van der Waals surface area contributed by atoms with E-state index in [-0.39, 0.29) is 30.1 Å². The van der Waals surface area contributed by atoms with Crippen molar-refractivity contribution in [2.75, 3.05) is 39.4 Å². The van der Waals surface area contributed by atoms with Gasteiger partial charge in [-0.15, -0.1) is 0 Å². The van der Waals surface area contributed by atoms with Gasteiger partial charge in [-0.05, 0) is 24.6 Å². The maximum absolute atomic E-state index is 13.1. The number of nitrogens with zero attached hydrogens (tertiary/aromatic N) is 2. The Kier molecular flexibility index (Phi) is 8.19. The summed E-state index contributed by atoms with van der Waals surface area (Å²) in [6.07, 6.45) is 0. The molecule has 1 heterocycles. The van der Waals surface area contributed by atoms with Gasteiger partial charge in [-0.1, -0.05) is 26.0 Å². The molecule has 0 saturated carbocycles. The molecular weight excluding hydrogens is 349 g/mol. The van der Waals surface area contributed by atoms with Crippen LogP contribution in [0.2, 0.25) is 0 Å². The second-order valence-corrected chi connectivity index (χ2v) is 7.17. The van der Waals surface area contributed by atoms with E-state index >= 15 is 0 Å². The van der Waals surface area contributed by atoms with Crippen molar-refractivity contribution in [2.45, 2.75) is 33.4 Å². The molecule has 1 fully saturated rings. The van der Waals surface area contributed by atoms with Crippen LogP contribution in [0.25, 0.3) is 0 Å². The number of nitrogens with one attached hydrogen (secondary N) is 1. The molecule has 0 bridgehead atoms. The first kappa shape index (κ1) is 21.3. The third kappa shape index (κ3) is 6.59. The van der Waals surface area contributed by atoms with Gasteiger partial charge in [0, 0.05) is 38.6 Å². The van der Waals surface area contributed by atoms with Crippen LogP contribution in [0.15, 0.2) is 24.3 Å². The summed E-state index contributed by atoms with van der Waals surface area (Å²) in [5.74, 6) is -0.835. The Hall–Kier alpha value is -1.99. The number of carbonyl (C=O) groups excluding carboxylic acids is 2. The zero-order chi connectivity index (χ0) is 19.8. The average molecular weight is 379 g/mol. The monoisotopic (exact) mass is 379 g/mol. The van der Waals surface area contributed by atoms with Gasteiger partial charge in [0.15, 0.2) is 0 Å². The summed E-state index contributed by atoms with van der Waals surface area (Å²) < 4.78 is 18.4. The first-order valence-corrected chi connectivity index (χ1v) is 9.51. The number of carbonyl (C=O) groups is 2. The summed E-state index contributed by atoms with van der Waals surface area (Å²) in [7, 11) is 0. The summed E-state index contributed by atoms with van der Waals surface area (Å²) in [4.78, 5) is 29.0. The highest BCUT2D eigenvalue weighted by atomic mass is 19.1. The number of ether oxygens (including phenoxy) is 1. The molecular formula is C20H30FN3O3. The van der Waals surface area contributed by atoms with Crippen molar-refractivity contribution in [3.05, 3.63) is 35.6 Å². The predicted octanol–water partition coefficient (Wildman–Crippen LogP) is 1.65. The Morgan fingerprint density at radius 1 is 1.19 bits per heavy atom. The first-order chi connectivity index (χ1) is 12.9. The Labute approximate surface area is 160 Å². The minimum atomic E-state index is -0.602. The summed E-state index contributed by atoms with van der Waals surface area (Å²) in [6, 6.07) is 5.40. The molecule has 2 rings (SSSR count). The fourth-order valence-electron chi connectivity index (χ4n) is 2.98. The molecule has 0 spiro atoms. The molecule has 6 nitrogen and oxygen atoms in total. The molecule has 0 aromatic heterocycles. The zero-order valence-corrected chi connectivity index (χ0v) is 16.4. The van der Waals surface area contributed by atoms with Crippen LogP contribution in [-0.4, -0.2) is 67.0 Å². The zero-order valence-electron chi connectivity index (χ0n) is 16.4. The molecule has 1 saturated heterocycles. The Morgan fingerprint density at radius 2 is 1.81 bits per heavy atom. The van der Waals surface area contributed by atoms with Gasteiger partial charge in [-0.25, -0.2) is 4.39 Å². The lowest BCUT2D eigenvalue weighted by Gasteiger charge is -2.31. The van der Waals surface area contributed by atoms with E-state index in [0.717, 1.165) is 38.4 Å². The Bertz CT molecular complexity index is 615. The number of hydrogen-bond donors (Lipinski definition) is 1. The number of hydrogen-bond acceptors (Lipinski definition) is 4. The van der Waals surface area contributed by atoms with Crippen molar-refractivity contribution in [3.63, 3.8) is 0 Å². The molecule has 2 amide bonds. The van der Waals surface area contributed by atoms with Gasteiger partial charge in [0.05, 0.1) is 13.2 Å². The van der Waals surface area contributed by atoms with E-state index in [1.165, 1.54) is 12.1 Å². The molecule has 7 heteroatoms. The molecule has 0 unspecified atom stereocenters. The third-order valence-corrected chi connectivity index (χ3v) is 4.72.